The number of carbonyl (C=O) groups excluding carboxylic acids is 2. The van der Waals surface area contributed by atoms with Gasteiger partial charge in [-0.25, -0.2) is 22.0 Å². The Morgan fingerprint density at radius 2 is 1.66 bits per heavy atom. The van der Waals surface area contributed by atoms with Gasteiger partial charge >= 0.3 is 18.0 Å². The number of benzene rings is 2. The van der Waals surface area contributed by atoms with Crippen molar-refractivity contribution in [2.24, 2.45) is 0 Å². The van der Waals surface area contributed by atoms with Crippen LogP contribution < -0.4 is 9.64 Å². The first kappa shape index (κ1) is 20.4. The number of esters is 1. The topological polar surface area (TPSA) is 55.8 Å². The molecule has 3 rings (SSSR count). The molecule has 29 heavy (non-hydrogen) atoms. The second-order valence-electron chi connectivity index (χ2n) is 5.73. The Labute approximate surface area is 157 Å². The quantitative estimate of drug-likeness (QED) is 0.328. The highest BCUT2D eigenvalue weighted by Gasteiger charge is 2.51. The number of nitrogens with zero attached hydrogens (tertiary/aromatic N) is 1. The van der Waals surface area contributed by atoms with E-state index in [1.54, 1.807) is 0 Å². The molecule has 0 fully saturated rings. The molecule has 0 aromatic heterocycles. The maximum Gasteiger partial charge on any atom is 0.482 e. The monoisotopic (exact) mass is 423 g/mol. The van der Waals surface area contributed by atoms with Crippen LogP contribution in [-0.2, 0) is 14.3 Å². The van der Waals surface area contributed by atoms with Gasteiger partial charge in [0.2, 0.25) is 0 Å². The number of ether oxygens (including phenoxy) is 2. The van der Waals surface area contributed by atoms with E-state index in [9.17, 15) is 40.3 Å². The van der Waals surface area contributed by atoms with Gasteiger partial charge in [-0.15, -0.1) is 0 Å². The molecule has 2 aromatic carbocycles. The van der Waals surface area contributed by atoms with Gasteiger partial charge in [-0.1, -0.05) is 0 Å². The molecule has 1 aliphatic heterocycles. The van der Waals surface area contributed by atoms with E-state index < -0.39 is 76.2 Å². The number of alkyl halides is 2. The molecule has 0 N–H and O–H groups in total. The first-order chi connectivity index (χ1) is 13.5. The van der Waals surface area contributed by atoms with Gasteiger partial charge in [0.25, 0.3) is 0 Å². The van der Waals surface area contributed by atoms with Crippen molar-refractivity contribution in [3.05, 3.63) is 47.3 Å². The summed E-state index contributed by atoms with van der Waals surface area (Å²) in [4.78, 5) is 23.6. The maximum atomic E-state index is 14.4. The number of hydrogen-bond donors (Lipinski definition) is 0. The van der Waals surface area contributed by atoms with Crippen LogP contribution in [0.25, 0.3) is 11.1 Å². The highest BCUT2D eigenvalue weighted by atomic mass is 19.3. The Kier molecular flexibility index (Phi) is 4.89. The Morgan fingerprint density at radius 1 is 1.00 bits per heavy atom. The van der Waals surface area contributed by atoms with Gasteiger partial charge in [0.1, 0.15) is 12.4 Å². The number of rotatable bonds is 3. The zero-order chi connectivity index (χ0) is 21.7. The Balaban J connectivity index is 2.23. The number of hydrogen-bond acceptors (Lipinski definition) is 4. The van der Waals surface area contributed by atoms with E-state index in [4.69, 9.17) is 0 Å². The summed E-state index contributed by atoms with van der Waals surface area (Å²) < 4.78 is 105. The molecule has 1 heterocycles. The van der Waals surface area contributed by atoms with Crippen molar-refractivity contribution < 1.29 is 49.8 Å². The Hall–Kier alpha value is -3.31. The van der Waals surface area contributed by atoms with E-state index >= 15 is 0 Å². The lowest BCUT2D eigenvalue weighted by molar-refractivity contribution is -0.193. The van der Waals surface area contributed by atoms with E-state index in [2.05, 4.69) is 9.47 Å². The largest absolute Gasteiger partial charge is 0.482 e. The van der Waals surface area contributed by atoms with Crippen LogP contribution >= 0.6 is 0 Å². The molecular weight excluding hydrogens is 415 g/mol. The SMILES string of the molecule is COC(=O)CN1C(=O)C(F)(F)Oc2cc(F)c(-c3cc(F)c(F)c(F)c3F)cc21. The molecule has 0 saturated carbocycles. The van der Waals surface area contributed by atoms with Crippen molar-refractivity contribution in [2.45, 2.75) is 6.11 Å². The number of halogens is 7. The van der Waals surface area contributed by atoms with Gasteiger partial charge in [-0.2, -0.15) is 8.78 Å². The minimum Gasteiger partial charge on any atom is -0.468 e. The lowest BCUT2D eigenvalue weighted by atomic mass is 10.0. The summed E-state index contributed by atoms with van der Waals surface area (Å²) in [6.45, 7) is -1.05. The number of amides is 1. The van der Waals surface area contributed by atoms with Gasteiger partial charge in [-0.05, 0) is 12.1 Å². The Morgan fingerprint density at radius 3 is 2.28 bits per heavy atom. The molecule has 12 heteroatoms. The minimum absolute atomic E-state index is 0.142. The molecule has 0 saturated heterocycles. The van der Waals surface area contributed by atoms with Crippen LogP contribution in [0.2, 0.25) is 0 Å². The number of fused-ring (bicyclic) bond motifs is 1. The second kappa shape index (κ2) is 6.94. The van der Waals surface area contributed by atoms with Crippen molar-refractivity contribution in [1.82, 2.24) is 0 Å². The van der Waals surface area contributed by atoms with E-state index in [1.165, 1.54) is 0 Å². The predicted octanol–water partition coefficient (Wildman–Crippen LogP) is 3.54. The highest BCUT2D eigenvalue weighted by Crippen LogP contribution is 2.43. The van der Waals surface area contributed by atoms with Crippen LogP contribution in [0.4, 0.5) is 36.4 Å². The molecule has 0 aliphatic carbocycles. The van der Waals surface area contributed by atoms with Crippen LogP contribution in [0, 0.1) is 29.1 Å². The first-order valence-corrected chi connectivity index (χ1v) is 7.60. The van der Waals surface area contributed by atoms with Gasteiger partial charge in [0.15, 0.2) is 29.0 Å². The first-order valence-electron chi connectivity index (χ1n) is 7.60. The molecule has 1 aliphatic rings. The summed E-state index contributed by atoms with van der Waals surface area (Å²) >= 11 is 0. The fourth-order valence-electron chi connectivity index (χ4n) is 2.61. The van der Waals surface area contributed by atoms with Crippen molar-refractivity contribution >= 4 is 17.6 Å². The van der Waals surface area contributed by atoms with Crippen LogP contribution in [0.15, 0.2) is 18.2 Å². The summed E-state index contributed by atoms with van der Waals surface area (Å²) in [6.07, 6.45) is -4.46. The van der Waals surface area contributed by atoms with Gasteiger partial charge < -0.3 is 9.47 Å². The van der Waals surface area contributed by atoms with E-state index in [0.717, 1.165) is 7.11 Å². The minimum atomic E-state index is -4.46. The summed E-state index contributed by atoms with van der Waals surface area (Å²) in [5.74, 6) is -13.7. The molecular formula is C17H8F7NO4. The summed E-state index contributed by atoms with van der Waals surface area (Å²) in [6, 6.07) is 0.993. The average molecular weight is 423 g/mol. The van der Waals surface area contributed by atoms with Crippen LogP contribution in [0.5, 0.6) is 5.75 Å². The normalized spacial score (nSPS) is 15.0. The van der Waals surface area contributed by atoms with Crippen molar-refractivity contribution in [2.75, 3.05) is 18.6 Å². The van der Waals surface area contributed by atoms with Gasteiger partial charge in [-0.3, -0.25) is 14.5 Å². The third kappa shape index (κ3) is 3.34. The molecule has 154 valence electrons. The molecule has 1 amide bonds. The van der Waals surface area contributed by atoms with Crippen molar-refractivity contribution in [3.8, 4) is 16.9 Å². The standard InChI is InChI=1S/C17H8F7NO4/c1-28-12(26)5-25-10-3-6(7-2-9(19)14(21)15(22)13(7)20)8(18)4-11(10)29-17(23,24)16(25)27/h2-4H,5H2,1H3. The molecule has 0 spiro atoms. The van der Waals surface area contributed by atoms with E-state index in [0.29, 0.717) is 12.1 Å². The van der Waals surface area contributed by atoms with Crippen molar-refractivity contribution in [3.63, 3.8) is 0 Å². The molecule has 5 nitrogen and oxygen atoms in total. The van der Waals surface area contributed by atoms with Crippen LogP contribution in [0.1, 0.15) is 0 Å². The van der Waals surface area contributed by atoms with Gasteiger partial charge in [0.05, 0.1) is 12.8 Å². The number of carbonyl (C=O) groups is 2. The fourth-order valence-corrected chi connectivity index (χ4v) is 2.61. The maximum absolute atomic E-state index is 14.4. The number of methoxy groups -OCH3 is 1. The molecule has 0 radical (unpaired) electrons. The van der Waals surface area contributed by atoms with Crippen LogP contribution in [-0.4, -0.2) is 31.6 Å². The second-order valence-corrected chi connectivity index (χ2v) is 5.73. The Bertz CT molecular complexity index is 1040. The predicted molar refractivity (Wildman–Crippen MR) is 81.6 cm³/mol. The lowest BCUT2D eigenvalue weighted by Gasteiger charge is -2.33. The fraction of sp³-hybridized carbons (Fsp3) is 0.176. The third-order valence-electron chi connectivity index (χ3n) is 3.98. The van der Waals surface area contributed by atoms with E-state index in [1.807, 2.05) is 0 Å². The zero-order valence-corrected chi connectivity index (χ0v) is 14.2. The smallest absolute Gasteiger partial charge is 0.468 e. The molecule has 2 aromatic rings. The van der Waals surface area contributed by atoms with Crippen LogP contribution in [0.3, 0.4) is 0 Å². The molecule has 0 atom stereocenters. The summed E-state index contributed by atoms with van der Waals surface area (Å²) in [5, 5.41) is 0. The average Bonchev–Trinajstić information content (AvgIpc) is 2.66. The lowest BCUT2D eigenvalue weighted by Crippen LogP contribution is -2.52. The summed E-state index contributed by atoms with van der Waals surface area (Å²) in [7, 11) is 0.905. The highest BCUT2D eigenvalue weighted by molar-refractivity contribution is 6.04. The number of anilines is 1. The third-order valence-corrected chi connectivity index (χ3v) is 3.98. The van der Waals surface area contributed by atoms with E-state index in [-0.39, 0.29) is 11.0 Å². The van der Waals surface area contributed by atoms with Gasteiger partial charge in [0, 0.05) is 17.2 Å². The zero-order valence-electron chi connectivity index (χ0n) is 14.2. The van der Waals surface area contributed by atoms with Crippen molar-refractivity contribution in [1.29, 1.82) is 0 Å². The molecule has 0 bridgehead atoms. The molecule has 0 unspecified atom stereocenters. The summed E-state index contributed by atoms with van der Waals surface area (Å²) in [5.41, 5.74) is -2.63.